The van der Waals surface area contributed by atoms with E-state index in [1.165, 1.54) is 13.8 Å². The molecule has 0 amide bonds. The number of hydrogen-bond donors (Lipinski definition) is 0. The first kappa shape index (κ1) is 9.51. The van der Waals surface area contributed by atoms with Crippen LogP contribution in [0.5, 0.6) is 0 Å². The summed E-state index contributed by atoms with van der Waals surface area (Å²) in [5, 5.41) is 0. The summed E-state index contributed by atoms with van der Waals surface area (Å²) < 4.78 is 52.6. The zero-order chi connectivity index (χ0) is 11.9. The summed E-state index contributed by atoms with van der Waals surface area (Å²) in [4.78, 5) is 10.7. The molecule has 1 aliphatic heterocycles. The van der Waals surface area contributed by atoms with Crippen LogP contribution in [-0.4, -0.2) is 24.4 Å². The first-order valence-electron chi connectivity index (χ1n) is 4.28. The van der Waals surface area contributed by atoms with Crippen molar-refractivity contribution in [1.82, 2.24) is 0 Å². The summed E-state index contributed by atoms with van der Waals surface area (Å²) in [6.07, 6.45) is -5.06. The molecule has 0 aromatic carbocycles. The van der Waals surface area contributed by atoms with Gasteiger partial charge >= 0.3 is 6.18 Å². The Morgan fingerprint density at radius 1 is 1.64 bits per heavy atom. The van der Waals surface area contributed by atoms with Crippen LogP contribution in [0.1, 0.15) is 15.2 Å². The maximum Gasteiger partial charge on any atom is 0.454 e. The molecule has 0 radical (unpaired) electrons. The number of carbonyl (C=O) groups excluding carboxylic acids is 1. The minimum absolute atomic E-state index is 0.298. The van der Waals surface area contributed by atoms with Gasteiger partial charge in [-0.1, -0.05) is 0 Å². The van der Waals surface area contributed by atoms with Gasteiger partial charge in [0.1, 0.15) is 12.4 Å². The van der Waals surface area contributed by atoms with Gasteiger partial charge in [0.05, 0.1) is 1.37 Å². The van der Waals surface area contributed by atoms with Crippen molar-refractivity contribution in [2.75, 3.05) is 6.61 Å². The van der Waals surface area contributed by atoms with Crippen molar-refractivity contribution in [1.29, 1.82) is 0 Å². The fraction of sp³-hybridized carbons (Fsp3) is 0.625. The Morgan fingerprint density at radius 2 is 2.21 bits per heavy atom. The third-order valence-corrected chi connectivity index (χ3v) is 1.43. The quantitative estimate of drug-likeness (QED) is 0.620. The highest BCUT2D eigenvalue weighted by atomic mass is 19.4. The van der Waals surface area contributed by atoms with Gasteiger partial charge in [0.15, 0.2) is 0 Å². The maximum atomic E-state index is 11.9. The molecule has 1 rings (SSSR count). The van der Waals surface area contributed by atoms with Gasteiger partial charge in [-0.05, 0) is 0 Å². The Kier molecular flexibility index (Phi) is 2.22. The second-order valence-corrected chi connectivity index (χ2v) is 3.17. The minimum atomic E-state index is -5.06. The number of allylic oxidation sites excluding steroid dienone is 1. The van der Waals surface area contributed by atoms with E-state index in [1.54, 1.807) is 0 Å². The van der Waals surface area contributed by atoms with Gasteiger partial charge in [-0.3, -0.25) is 4.79 Å². The van der Waals surface area contributed by atoms with Crippen LogP contribution in [0.15, 0.2) is 11.8 Å². The van der Waals surface area contributed by atoms with Crippen molar-refractivity contribution in [3.05, 3.63) is 11.8 Å². The lowest BCUT2D eigenvalue weighted by molar-refractivity contribution is -0.165. The molecule has 0 N–H and O–H groups in total. The zero-order valence-electron chi connectivity index (χ0n) is 8.57. The second-order valence-electron chi connectivity index (χ2n) is 3.17. The van der Waals surface area contributed by atoms with Crippen LogP contribution in [0.3, 0.4) is 0 Å². The summed E-state index contributed by atoms with van der Waals surface area (Å²) in [6, 6.07) is -1.20. The van der Waals surface area contributed by atoms with E-state index in [0.717, 1.165) is 0 Å². The summed E-state index contributed by atoms with van der Waals surface area (Å²) in [6.45, 7) is 2.66. The van der Waals surface area contributed by atoms with Crippen molar-refractivity contribution in [3.63, 3.8) is 0 Å². The molecule has 0 atom stereocenters. The molecule has 0 unspecified atom stereocenters. The molecule has 0 saturated carbocycles. The third-order valence-electron chi connectivity index (χ3n) is 1.43. The number of ether oxygens (including phenoxy) is 2. The second kappa shape index (κ2) is 3.27. The molecular formula is C8H9F3O3. The lowest BCUT2D eigenvalue weighted by Crippen LogP contribution is -2.21. The summed E-state index contributed by atoms with van der Waals surface area (Å²) in [5.41, 5.74) is 0. The van der Waals surface area contributed by atoms with Crippen LogP contribution >= 0.6 is 0 Å². The lowest BCUT2D eigenvalue weighted by atomic mass is 10.3. The van der Waals surface area contributed by atoms with Gasteiger partial charge in [-0.25, -0.2) is 0 Å². The zero-order valence-corrected chi connectivity index (χ0v) is 7.57. The monoisotopic (exact) mass is 211 g/mol. The summed E-state index contributed by atoms with van der Waals surface area (Å²) >= 11 is 0. The smallest absolute Gasteiger partial charge is 0.454 e. The Hall–Kier alpha value is -1.04. The molecule has 1 saturated heterocycles. The fourth-order valence-corrected chi connectivity index (χ4v) is 0.854. The number of alkyl halides is 3. The predicted molar refractivity (Wildman–Crippen MR) is 40.3 cm³/mol. The molecule has 0 aromatic rings. The molecule has 14 heavy (non-hydrogen) atoms. The first-order valence-corrected chi connectivity index (χ1v) is 3.78. The Bertz CT molecular complexity index is 320. The number of rotatable bonds is 1. The van der Waals surface area contributed by atoms with Crippen LogP contribution in [-0.2, 0) is 14.3 Å². The molecule has 1 aliphatic rings. The number of carbonyl (C=O) groups is 1. The molecule has 0 aromatic heterocycles. The van der Waals surface area contributed by atoms with E-state index in [0.29, 0.717) is 0 Å². The van der Waals surface area contributed by atoms with Gasteiger partial charge in [0, 0.05) is 19.9 Å². The Labute approximate surface area is 79.9 Å². The van der Waals surface area contributed by atoms with Gasteiger partial charge in [-0.2, -0.15) is 13.2 Å². The largest absolute Gasteiger partial charge is 0.465 e. The molecule has 80 valence electrons. The number of hydrogen-bond acceptors (Lipinski definition) is 3. The number of ketones is 1. The van der Waals surface area contributed by atoms with E-state index in [1.807, 2.05) is 0 Å². The maximum absolute atomic E-state index is 11.9. The SMILES string of the molecule is [2H]C(C(=O)C(F)(F)F)=C1COC(C)(C)O1. The number of halogens is 3. The fourth-order valence-electron chi connectivity index (χ4n) is 0.854. The average molecular weight is 211 g/mol. The third kappa shape index (κ3) is 2.73. The van der Waals surface area contributed by atoms with E-state index in [9.17, 15) is 18.0 Å². The first-order chi connectivity index (χ1) is 6.63. The van der Waals surface area contributed by atoms with Gasteiger partial charge < -0.3 is 9.47 Å². The Morgan fingerprint density at radius 3 is 2.57 bits per heavy atom. The van der Waals surface area contributed by atoms with Crippen LogP contribution < -0.4 is 0 Å². The molecule has 1 heterocycles. The van der Waals surface area contributed by atoms with Crippen molar-refractivity contribution >= 4 is 5.78 Å². The highest BCUT2D eigenvalue weighted by molar-refractivity contribution is 5.94. The highest BCUT2D eigenvalue weighted by Crippen LogP contribution is 2.26. The van der Waals surface area contributed by atoms with E-state index in [-0.39, 0.29) is 12.4 Å². The lowest BCUT2D eigenvalue weighted by Gasteiger charge is -2.15. The topological polar surface area (TPSA) is 35.5 Å². The van der Waals surface area contributed by atoms with E-state index >= 15 is 0 Å². The molecule has 3 nitrogen and oxygen atoms in total. The normalized spacial score (nSPS) is 25.4. The minimum Gasteiger partial charge on any atom is -0.465 e. The van der Waals surface area contributed by atoms with Crippen LogP contribution in [0.4, 0.5) is 13.2 Å². The van der Waals surface area contributed by atoms with Gasteiger partial charge in [0.25, 0.3) is 5.78 Å². The molecule has 1 fully saturated rings. The average Bonchev–Trinajstić information content (AvgIpc) is 2.42. The van der Waals surface area contributed by atoms with Crippen LogP contribution in [0, 0.1) is 0 Å². The summed E-state index contributed by atoms with van der Waals surface area (Å²) in [5.74, 6) is -3.70. The molecular weight excluding hydrogens is 201 g/mol. The van der Waals surface area contributed by atoms with Crippen LogP contribution in [0.2, 0.25) is 0 Å². The van der Waals surface area contributed by atoms with Gasteiger partial charge in [0.2, 0.25) is 5.79 Å². The molecule has 0 aliphatic carbocycles. The van der Waals surface area contributed by atoms with E-state index < -0.39 is 23.8 Å². The van der Waals surface area contributed by atoms with Gasteiger partial charge in [-0.15, -0.1) is 0 Å². The van der Waals surface area contributed by atoms with Crippen LogP contribution in [0.25, 0.3) is 0 Å². The summed E-state index contributed by atoms with van der Waals surface area (Å²) in [7, 11) is 0. The van der Waals surface area contributed by atoms with E-state index in [4.69, 9.17) is 10.8 Å². The van der Waals surface area contributed by atoms with Crippen molar-refractivity contribution < 1.29 is 28.8 Å². The van der Waals surface area contributed by atoms with Crippen molar-refractivity contribution in [2.45, 2.75) is 25.8 Å². The Balaban J connectivity index is 2.89. The predicted octanol–water partition coefficient (Wildman–Crippen LogP) is 1.78. The van der Waals surface area contributed by atoms with Crippen molar-refractivity contribution in [2.24, 2.45) is 0 Å². The highest BCUT2D eigenvalue weighted by Gasteiger charge is 2.38. The van der Waals surface area contributed by atoms with Crippen molar-refractivity contribution in [3.8, 4) is 0 Å². The standard InChI is InChI=1S/C8H9F3O3/c1-7(2)13-4-5(14-7)3-6(12)8(9,10)11/h3H,4H2,1-2H3/i3D. The molecule has 0 bridgehead atoms. The van der Waals surface area contributed by atoms with E-state index in [2.05, 4.69) is 0 Å². The molecule has 6 heteroatoms. The molecule has 0 spiro atoms.